The van der Waals surface area contributed by atoms with Crippen LogP contribution in [0.25, 0.3) is 0 Å². The summed E-state index contributed by atoms with van der Waals surface area (Å²) in [6, 6.07) is 2.64. The molecule has 5 heteroatoms. The largest absolute Gasteiger partial charge is 0.481 e. The lowest BCUT2D eigenvalue weighted by Gasteiger charge is -2.26. The van der Waals surface area contributed by atoms with E-state index in [0.717, 1.165) is 18.9 Å². The number of ether oxygens (including phenoxy) is 1. The topological polar surface area (TPSA) is 41.5 Å². The monoisotopic (exact) mass is 248 g/mol. The second-order valence-corrected chi connectivity index (χ2v) is 5.05. The lowest BCUT2D eigenvalue weighted by atomic mass is 10.2. The summed E-state index contributed by atoms with van der Waals surface area (Å²) in [7, 11) is 1.65. The SMILES string of the molecule is COc1cc(N2CCCN3CCC[C@H]3C2)ncn1. The van der Waals surface area contributed by atoms with E-state index in [4.69, 9.17) is 4.74 Å². The van der Waals surface area contributed by atoms with Crippen molar-refractivity contribution in [3.8, 4) is 5.88 Å². The van der Waals surface area contributed by atoms with Crippen LogP contribution in [0.2, 0.25) is 0 Å². The highest BCUT2D eigenvalue weighted by molar-refractivity contribution is 5.41. The van der Waals surface area contributed by atoms with Crippen molar-refractivity contribution in [3.05, 3.63) is 12.4 Å². The smallest absolute Gasteiger partial charge is 0.218 e. The fraction of sp³-hybridized carbons (Fsp3) is 0.692. The lowest BCUT2D eigenvalue weighted by Crippen LogP contribution is -2.36. The number of hydrogen-bond acceptors (Lipinski definition) is 5. The molecule has 0 spiro atoms. The summed E-state index contributed by atoms with van der Waals surface area (Å²) in [5, 5.41) is 0. The molecule has 18 heavy (non-hydrogen) atoms. The van der Waals surface area contributed by atoms with Gasteiger partial charge in [0.05, 0.1) is 7.11 Å². The molecule has 0 unspecified atom stereocenters. The van der Waals surface area contributed by atoms with Crippen molar-refractivity contribution in [3.63, 3.8) is 0 Å². The van der Waals surface area contributed by atoms with Gasteiger partial charge in [-0.15, -0.1) is 0 Å². The summed E-state index contributed by atoms with van der Waals surface area (Å²) in [5.74, 6) is 1.64. The maximum absolute atomic E-state index is 5.18. The molecule has 0 radical (unpaired) electrons. The molecule has 1 aromatic heterocycles. The van der Waals surface area contributed by atoms with Gasteiger partial charge in [0.1, 0.15) is 12.1 Å². The van der Waals surface area contributed by atoms with E-state index in [-0.39, 0.29) is 0 Å². The van der Waals surface area contributed by atoms with Gasteiger partial charge in [0.15, 0.2) is 0 Å². The molecule has 0 bridgehead atoms. The van der Waals surface area contributed by atoms with Crippen molar-refractivity contribution in [2.45, 2.75) is 25.3 Å². The van der Waals surface area contributed by atoms with Gasteiger partial charge in [-0.1, -0.05) is 0 Å². The van der Waals surface area contributed by atoms with Crippen molar-refractivity contribution in [2.24, 2.45) is 0 Å². The first-order valence-corrected chi connectivity index (χ1v) is 6.72. The molecule has 0 aliphatic carbocycles. The summed E-state index contributed by atoms with van der Waals surface area (Å²) >= 11 is 0. The number of fused-ring (bicyclic) bond motifs is 1. The summed E-state index contributed by atoms with van der Waals surface area (Å²) in [6.07, 6.45) is 5.46. The molecule has 2 aliphatic rings. The van der Waals surface area contributed by atoms with Crippen LogP contribution in [-0.2, 0) is 0 Å². The summed E-state index contributed by atoms with van der Waals surface area (Å²) in [6.45, 7) is 4.66. The first-order valence-electron chi connectivity index (χ1n) is 6.72. The minimum Gasteiger partial charge on any atom is -0.481 e. The number of rotatable bonds is 2. The molecule has 0 amide bonds. The molecule has 1 aromatic rings. The van der Waals surface area contributed by atoms with Gasteiger partial charge >= 0.3 is 0 Å². The van der Waals surface area contributed by atoms with Crippen LogP contribution < -0.4 is 9.64 Å². The molecule has 2 aliphatic heterocycles. The minimum atomic E-state index is 0.646. The maximum Gasteiger partial charge on any atom is 0.218 e. The van der Waals surface area contributed by atoms with E-state index in [1.165, 1.54) is 32.4 Å². The third-order valence-corrected chi connectivity index (χ3v) is 3.96. The van der Waals surface area contributed by atoms with Crippen LogP contribution in [0.5, 0.6) is 5.88 Å². The van der Waals surface area contributed by atoms with Crippen molar-refractivity contribution >= 4 is 5.82 Å². The molecule has 3 rings (SSSR count). The second-order valence-electron chi connectivity index (χ2n) is 5.05. The van der Waals surface area contributed by atoms with E-state index in [2.05, 4.69) is 19.8 Å². The zero-order valence-electron chi connectivity index (χ0n) is 10.9. The zero-order chi connectivity index (χ0) is 12.4. The highest BCUT2D eigenvalue weighted by atomic mass is 16.5. The Hall–Kier alpha value is -1.36. The zero-order valence-corrected chi connectivity index (χ0v) is 10.9. The molecule has 5 nitrogen and oxygen atoms in total. The van der Waals surface area contributed by atoms with Gasteiger partial charge in [-0.3, -0.25) is 4.90 Å². The Labute approximate surface area is 108 Å². The lowest BCUT2D eigenvalue weighted by molar-refractivity contribution is 0.273. The van der Waals surface area contributed by atoms with Crippen molar-refractivity contribution in [1.82, 2.24) is 14.9 Å². The van der Waals surface area contributed by atoms with E-state index in [9.17, 15) is 0 Å². The van der Waals surface area contributed by atoms with E-state index < -0.39 is 0 Å². The Morgan fingerprint density at radius 1 is 1.22 bits per heavy atom. The average Bonchev–Trinajstić information content (AvgIpc) is 2.76. The first-order chi connectivity index (χ1) is 8.86. The third-order valence-electron chi connectivity index (χ3n) is 3.96. The first kappa shape index (κ1) is 11.7. The molecule has 0 N–H and O–H groups in total. The highest BCUT2D eigenvalue weighted by Gasteiger charge is 2.29. The molecule has 1 atom stereocenters. The van der Waals surface area contributed by atoms with Crippen LogP contribution >= 0.6 is 0 Å². The third kappa shape index (κ3) is 2.27. The van der Waals surface area contributed by atoms with E-state index in [1.807, 2.05) is 6.07 Å². The minimum absolute atomic E-state index is 0.646. The normalized spacial score (nSPS) is 24.7. The van der Waals surface area contributed by atoms with E-state index in [1.54, 1.807) is 13.4 Å². The van der Waals surface area contributed by atoms with Crippen LogP contribution in [0.1, 0.15) is 19.3 Å². The summed E-state index contributed by atoms with van der Waals surface area (Å²) < 4.78 is 5.18. The van der Waals surface area contributed by atoms with Crippen LogP contribution in [-0.4, -0.2) is 54.2 Å². The summed E-state index contributed by atoms with van der Waals surface area (Å²) in [5.41, 5.74) is 0. The number of hydrogen-bond donors (Lipinski definition) is 0. The number of methoxy groups -OCH3 is 1. The Morgan fingerprint density at radius 2 is 2.11 bits per heavy atom. The van der Waals surface area contributed by atoms with Crippen LogP contribution in [0.15, 0.2) is 12.4 Å². The molecule has 0 saturated carbocycles. The Balaban J connectivity index is 1.78. The van der Waals surface area contributed by atoms with E-state index >= 15 is 0 Å². The molecule has 0 aromatic carbocycles. The predicted octanol–water partition coefficient (Wildman–Crippen LogP) is 1.16. The van der Waals surface area contributed by atoms with Gasteiger partial charge in [-0.05, 0) is 25.8 Å². The highest BCUT2D eigenvalue weighted by Crippen LogP contribution is 2.24. The molecule has 2 saturated heterocycles. The van der Waals surface area contributed by atoms with Crippen molar-refractivity contribution < 1.29 is 4.74 Å². The van der Waals surface area contributed by atoms with Crippen molar-refractivity contribution in [2.75, 3.05) is 38.2 Å². The van der Waals surface area contributed by atoms with Gasteiger partial charge in [0, 0.05) is 31.7 Å². The van der Waals surface area contributed by atoms with Gasteiger partial charge in [0.25, 0.3) is 0 Å². The van der Waals surface area contributed by atoms with Crippen LogP contribution in [0.3, 0.4) is 0 Å². The quantitative estimate of drug-likeness (QED) is 0.785. The van der Waals surface area contributed by atoms with Crippen LogP contribution in [0.4, 0.5) is 5.82 Å². The van der Waals surface area contributed by atoms with Gasteiger partial charge in [-0.25, -0.2) is 9.97 Å². The maximum atomic E-state index is 5.18. The Kier molecular flexibility index (Phi) is 3.32. The second kappa shape index (κ2) is 5.10. The van der Waals surface area contributed by atoms with Gasteiger partial charge in [0.2, 0.25) is 5.88 Å². The number of anilines is 1. The van der Waals surface area contributed by atoms with Crippen LogP contribution in [0, 0.1) is 0 Å². The Bertz CT molecular complexity index is 412. The fourth-order valence-electron chi connectivity index (χ4n) is 3.03. The van der Waals surface area contributed by atoms with Gasteiger partial charge in [-0.2, -0.15) is 0 Å². The average molecular weight is 248 g/mol. The molecule has 2 fully saturated rings. The Morgan fingerprint density at radius 3 is 3.00 bits per heavy atom. The van der Waals surface area contributed by atoms with Gasteiger partial charge < -0.3 is 9.64 Å². The standard InChI is InChI=1S/C13H20N4O/c1-18-13-8-12(14-10-15-13)17-7-3-6-16-5-2-4-11(16)9-17/h8,10-11H,2-7,9H2,1H3/t11-/m0/s1. The molecule has 98 valence electrons. The molecular formula is C13H20N4O. The summed E-state index contributed by atoms with van der Waals surface area (Å²) in [4.78, 5) is 13.5. The molecule has 3 heterocycles. The van der Waals surface area contributed by atoms with Crippen molar-refractivity contribution in [1.29, 1.82) is 0 Å². The fourth-order valence-corrected chi connectivity index (χ4v) is 3.03. The number of aromatic nitrogens is 2. The predicted molar refractivity (Wildman–Crippen MR) is 70.0 cm³/mol. The number of nitrogens with zero attached hydrogens (tertiary/aromatic N) is 4. The van der Waals surface area contributed by atoms with E-state index in [0.29, 0.717) is 11.9 Å². The molecular weight excluding hydrogens is 228 g/mol.